The summed E-state index contributed by atoms with van der Waals surface area (Å²) in [6, 6.07) is 0. The molecule has 5 nitrogen and oxygen atoms in total. The quantitative estimate of drug-likeness (QED) is 0.126. The molecule has 1 aromatic rings. The maximum Gasteiger partial charge on any atom is 0.306 e. The number of esters is 1. The molecule has 1 aliphatic heterocycles. The van der Waals surface area contributed by atoms with Crippen LogP contribution < -0.4 is 0 Å². The van der Waals surface area contributed by atoms with Crippen LogP contribution in [-0.2, 0) is 18.4 Å². The van der Waals surface area contributed by atoms with Gasteiger partial charge in [0.1, 0.15) is 6.10 Å². The van der Waals surface area contributed by atoms with E-state index in [1.165, 1.54) is 5.57 Å². The summed E-state index contributed by atoms with van der Waals surface area (Å²) in [5.74, 6) is -0.985. The van der Waals surface area contributed by atoms with Gasteiger partial charge in [0.15, 0.2) is 22.4 Å². The van der Waals surface area contributed by atoms with Crippen molar-refractivity contribution in [2.24, 2.45) is 5.92 Å². The Labute approximate surface area is 299 Å². The normalized spacial score (nSPS) is 26.3. The van der Waals surface area contributed by atoms with Crippen LogP contribution in [0.4, 0.5) is 0 Å². The predicted octanol–water partition coefficient (Wildman–Crippen LogP) is 12.1. The first-order chi connectivity index (χ1) is 21.2. The molecular weight excluding hydrogens is 655 g/mol. The molecule has 0 N–H and O–H groups in total. The number of carbonyl (C=O) groups excluding carboxylic acids is 1. The summed E-state index contributed by atoms with van der Waals surface area (Å²) in [5.41, 5.74) is 3.17. The SMILES string of the molecule is C/C1=C/CC(/C(C)=C/c2csc(C)n2)OC(=O)CCC(C)(C)SC(C)C(O[Si](C)(C)C(C)(C)C)(O[Si](C)(C)C(C)(C)C)C(C)/C=C/C1. The number of hydrogen-bond acceptors (Lipinski definition) is 7. The Morgan fingerprint density at radius 2 is 1.57 bits per heavy atom. The molecule has 0 bridgehead atoms. The predicted molar refractivity (Wildman–Crippen MR) is 211 cm³/mol. The topological polar surface area (TPSA) is 57.7 Å². The monoisotopic (exact) mass is 721 g/mol. The minimum Gasteiger partial charge on any atom is -0.457 e. The summed E-state index contributed by atoms with van der Waals surface area (Å²) in [6.45, 7) is 38.5. The Bertz CT molecular complexity index is 1270. The summed E-state index contributed by atoms with van der Waals surface area (Å²) in [7, 11) is -4.58. The standard InChI is InChI=1S/C38H67NO4S2Si2/c1-27-19-18-20-29(3)38(42-46(14,15)35(6,7)8,43-47(16,17)36(9,10)11)30(4)45-37(12,13)24-23-34(40)41-33(22-21-27)28(2)25-32-26-44-31(5)39-32/h18,20-21,25-26,29-30,33H,19,22-24H2,1-17H3/b20-18+,27-21-,28-25+. The number of carbonyl (C=O) groups is 1. The van der Waals surface area contributed by atoms with Crippen molar-refractivity contribution in [3.8, 4) is 0 Å². The second-order valence-corrected chi connectivity index (χ2v) is 29.9. The number of thiazole rings is 1. The van der Waals surface area contributed by atoms with Gasteiger partial charge in [0.2, 0.25) is 0 Å². The molecular formula is C38H67NO4S2Si2. The van der Waals surface area contributed by atoms with Crippen molar-refractivity contribution in [2.75, 3.05) is 0 Å². The molecule has 2 heterocycles. The average Bonchev–Trinajstić information content (AvgIpc) is 3.31. The van der Waals surface area contributed by atoms with Crippen molar-refractivity contribution < 1.29 is 18.4 Å². The molecule has 1 aromatic heterocycles. The number of rotatable bonds is 6. The van der Waals surface area contributed by atoms with Crippen LogP contribution >= 0.6 is 23.1 Å². The molecule has 0 aliphatic carbocycles. The van der Waals surface area contributed by atoms with Gasteiger partial charge >= 0.3 is 5.97 Å². The second kappa shape index (κ2) is 15.9. The van der Waals surface area contributed by atoms with Crippen molar-refractivity contribution >= 4 is 51.8 Å². The van der Waals surface area contributed by atoms with Gasteiger partial charge in [-0.1, -0.05) is 86.1 Å². The van der Waals surface area contributed by atoms with Gasteiger partial charge in [-0.05, 0) is 88.5 Å². The first-order valence-electron chi connectivity index (χ1n) is 17.4. The lowest BCUT2D eigenvalue weighted by Crippen LogP contribution is -2.63. The number of allylic oxidation sites excluding steroid dienone is 2. The van der Waals surface area contributed by atoms with Gasteiger partial charge < -0.3 is 13.6 Å². The Morgan fingerprint density at radius 1 is 1.02 bits per heavy atom. The van der Waals surface area contributed by atoms with Gasteiger partial charge in [0.25, 0.3) is 0 Å². The fraction of sp³-hybridized carbons (Fsp3) is 0.737. The summed E-state index contributed by atoms with van der Waals surface area (Å²) < 4.78 is 21.1. The number of aromatic nitrogens is 1. The fourth-order valence-corrected chi connectivity index (χ4v) is 10.7. The Morgan fingerprint density at radius 3 is 2.06 bits per heavy atom. The third-order valence-corrected chi connectivity index (χ3v) is 21.6. The fourth-order valence-electron chi connectivity index (χ4n) is 5.17. The lowest BCUT2D eigenvalue weighted by molar-refractivity contribution is -0.156. The number of cyclic esters (lactones) is 1. The molecule has 0 aromatic carbocycles. The first kappa shape index (κ1) is 42.2. The van der Waals surface area contributed by atoms with E-state index in [0.29, 0.717) is 19.3 Å². The highest BCUT2D eigenvalue weighted by molar-refractivity contribution is 8.01. The zero-order valence-corrected chi connectivity index (χ0v) is 36.5. The van der Waals surface area contributed by atoms with Crippen LogP contribution in [0.2, 0.25) is 36.3 Å². The molecule has 0 fully saturated rings. The molecule has 3 unspecified atom stereocenters. The highest BCUT2D eigenvalue weighted by atomic mass is 32.2. The minimum absolute atomic E-state index is 0.000425. The summed E-state index contributed by atoms with van der Waals surface area (Å²) >= 11 is 3.52. The third-order valence-electron chi connectivity index (χ3n) is 10.4. The van der Waals surface area contributed by atoms with E-state index in [-0.39, 0.29) is 38.1 Å². The van der Waals surface area contributed by atoms with Gasteiger partial charge in [-0.15, -0.1) is 23.1 Å². The summed E-state index contributed by atoms with van der Waals surface area (Å²) in [6.07, 6.45) is 11.0. The van der Waals surface area contributed by atoms with Crippen molar-refractivity contribution in [1.29, 1.82) is 0 Å². The van der Waals surface area contributed by atoms with Crippen LogP contribution in [0.25, 0.3) is 6.08 Å². The summed E-state index contributed by atoms with van der Waals surface area (Å²) in [4.78, 5) is 18.0. The van der Waals surface area contributed by atoms with E-state index in [1.807, 2.05) is 31.0 Å². The van der Waals surface area contributed by atoms with Crippen molar-refractivity contribution in [2.45, 2.75) is 174 Å². The lowest BCUT2D eigenvalue weighted by Gasteiger charge is -2.55. The molecule has 268 valence electrons. The lowest BCUT2D eigenvalue weighted by atomic mass is 9.96. The number of aryl methyl sites for hydroxylation is 1. The van der Waals surface area contributed by atoms with Crippen LogP contribution in [-0.4, -0.2) is 49.5 Å². The first-order valence-corrected chi connectivity index (χ1v) is 25.0. The van der Waals surface area contributed by atoms with Gasteiger partial charge in [-0.3, -0.25) is 4.79 Å². The van der Waals surface area contributed by atoms with Crippen LogP contribution in [0.15, 0.2) is 34.8 Å². The second-order valence-electron chi connectivity index (χ2n) is 17.3. The van der Waals surface area contributed by atoms with E-state index in [9.17, 15) is 4.79 Å². The van der Waals surface area contributed by atoms with E-state index in [1.54, 1.807) is 11.3 Å². The minimum atomic E-state index is -2.29. The summed E-state index contributed by atoms with van der Waals surface area (Å²) in [5, 5.41) is 3.10. The Balaban J connectivity index is 2.66. The molecule has 0 amide bonds. The van der Waals surface area contributed by atoms with E-state index >= 15 is 0 Å². The van der Waals surface area contributed by atoms with Crippen molar-refractivity contribution in [3.05, 3.63) is 45.5 Å². The maximum absolute atomic E-state index is 13.4. The maximum atomic E-state index is 13.4. The molecule has 47 heavy (non-hydrogen) atoms. The van der Waals surface area contributed by atoms with Crippen LogP contribution in [0.3, 0.4) is 0 Å². The molecule has 0 saturated heterocycles. The number of nitrogens with zero attached hydrogens (tertiary/aromatic N) is 1. The number of ether oxygens (including phenoxy) is 1. The smallest absolute Gasteiger partial charge is 0.306 e. The van der Waals surface area contributed by atoms with Gasteiger partial charge in [-0.2, -0.15) is 0 Å². The van der Waals surface area contributed by atoms with Crippen molar-refractivity contribution in [3.63, 3.8) is 0 Å². The van der Waals surface area contributed by atoms with Crippen LogP contribution in [0.5, 0.6) is 0 Å². The highest BCUT2D eigenvalue weighted by Gasteiger charge is 2.55. The molecule has 0 saturated carbocycles. The third kappa shape index (κ3) is 11.8. The van der Waals surface area contributed by atoms with E-state index in [2.05, 4.69) is 132 Å². The van der Waals surface area contributed by atoms with Gasteiger partial charge in [0.05, 0.1) is 16.0 Å². The Hall–Kier alpha value is -0.976. The largest absolute Gasteiger partial charge is 0.457 e. The van der Waals surface area contributed by atoms with Crippen LogP contribution in [0, 0.1) is 12.8 Å². The molecule has 2 rings (SSSR count). The van der Waals surface area contributed by atoms with Gasteiger partial charge in [0, 0.05) is 28.9 Å². The molecule has 0 radical (unpaired) electrons. The zero-order chi connectivity index (χ0) is 36.2. The number of thioether (sulfide) groups is 1. The molecule has 1 aliphatic rings. The molecule has 3 atom stereocenters. The van der Waals surface area contributed by atoms with Crippen molar-refractivity contribution in [1.82, 2.24) is 4.98 Å². The average molecular weight is 722 g/mol. The van der Waals surface area contributed by atoms with Crippen LogP contribution in [0.1, 0.15) is 119 Å². The Kier molecular flexibility index (Phi) is 14.3. The van der Waals surface area contributed by atoms with E-state index < -0.39 is 22.4 Å². The highest BCUT2D eigenvalue weighted by Crippen LogP contribution is 2.51. The molecule has 9 heteroatoms. The van der Waals surface area contributed by atoms with E-state index in [4.69, 9.17) is 13.6 Å². The zero-order valence-electron chi connectivity index (χ0n) is 32.8. The van der Waals surface area contributed by atoms with Gasteiger partial charge in [-0.25, -0.2) is 4.98 Å². The number of hydrogen-bond donors (Lipinski definition) is 0. The van der Waals surface area contributed by atoms with E-state index in [0.717, 1.165) is 22.7 Å². The molecule has 0 spiro atoms.